The van der Waals surface area contributed by atoms with Crippen molar-refractivity contribution in [3.63, 3.8) is 0 Å². The van der Waals surface area contributed by atoms with Crippen LogP contribution in [-0.2, 0) is 0 Å². The molecule has 0 aromatic heterocycles. The lowest BCUT2D eigenvalue weighted by Crippen LogP contribution is -2.47. The molecule has 1 aromatic rings. The van der Waals surface area contributed by atoms with E-state index in [1.807, 2.05) is 18.2 Å². The molecule has 2 unspecified atom stereocenters. The van der Waals surface area contributed by atoms with Crippen LogP contribution < -0.4 is 5.73 Å². The predicted molar refractivity (Wildman–Crippen MR) is 94.6 cm³/mol. The fraction of sp³-hybridized carbons (Fsp3) is 0.625. The molecule has 1 aliphatic heterocycles. The third kappa shape index (κ3) is 5.04. The molecule has 0 radical (unpaired) electrons. The van der Waals surface area contributed by atoms with Crippen molar-refractivity contribution in [2.45, 2.75) is 37.1 Å². The minimum Gasteiger partial charge on any atom is -0.329 e. The fourth-order valence-corrected chi connectivity index (χ4v) is 4.43. The van der Waals surface area contributed by atoms with E-state index in [2.05, 4.69) is 11.8 Å². The van der Waals surface area contributed by atoms with Crippen LogP contribution in [0.15, 0.2) is 23.1 Å². The van der Waals surface area contributed by atoms with E-state index in [0.29, 0.717) is 6.04 Å². The van der Waals surface area contributed by atoms with Crippen LogP contribution in [0.5, 0.6) is 0 Å². The van der Waals surface area contributed by atoms with Gasteiger partial charge in [-0.1, -0.05) is 36.5 Å². The Balaban J connectivity index is 1.83. The second-order valence-electron chi connectivity index (χ2n) is 5.65. The third-order valence-corrected chi connectivity index (χ3v) is 6.04. The van der Waals surface area contributed by atoms with Crippen molar-refractivity contribution < 1.29 is 0 Å². The number of nitrogens with zero attached hydrogens (tertiary/aromatic N) is 1. The maximum absolute atomic E-state index is 6.20. The van der Waals surface area contributed by atoms with Gasteiger partial charge in [-0.15, -0.1) is 11.8 Å². The molecule has 0 bridgehead atoms. The first kappa shape index (κ1) is 17.4. The molecule has 0 amide bonds. The number of thioether (sulfide) groups is 1. The van der Waals surface area contributed by atoms with Gasteiger partial charge in [0.1, 0.15) is 0 Å². The molecule has 1 heterocycles. The number of nitrogens with two attached hydrogens (primary N) is 1. The van der Waals surface area contributed by atoms with E-state index in [1.54, 1.807) is 11.8 Å². The number of benzene rings is 1. The van der Waals surface area contributed by atoms with Gasteiger partial charge in [0, 0.05) is 34.8 Å². The van der Waals surface area contributed by atoms with Gasteiger partial charge in [-0.2, -0.15) is 0 Å². The smallest absolute Gasteiger partial charge is 0.0542 e. The molecule has 1 fully saturated rings. The van der Waals surface area contributed by atoms with E-state index in [1.165, 1.54) is 25.8 Å². The number of rotatable bonds is 6. The average molecular weight is 347 g/mol. The summed E-state index contributed by atoms with van der Waals surface area (Å²) in [6.07, 6.45) is 3.82. The van der Waals surface area contributed by atoms with Gasteiger partial charge in [-0.05, 0) is 43.5 Å². The van der Waals surface area contributed by atoms with Crippen molar-refractivity contribution in [2.24, 2.45) is 11.7 Å². The molecule has 0 aliphatic carbocycles. The molecule has 2 atom stereocenters. The van der Waals surface area contributed by atoms with Crippen molar-refractivity contribution in [1.82, 2.24) is 4.90 Å². The SMILES string of the molecule is CCC1CCN(CCSc2cc(Cl)ccc2Cl)C(CN)C1. The first-order chi connectivity index (χ1) is 10.1. The molecule has 118 valence electrons. The predicted octanol–water partition coefficient (Wildman–Crippen LogP) is 4.53. The summed E-state index contributed by atoms with van der Waals surface area (Å²) in [5.74, 6) is 1.87. The van der Waals surface area contributed by atoms with Gasteiger partial charge in [0.15, 0.2) is 0 Å². The summed E-state index contributed by atoms with van der Waals surface area (Å²) >= 11 is 14.0. The maximum Gasteiger partial charge on any atom is 0.0542 e. The summed E-state index contributed by atoms with van der Waals surface area (Å²) in [4.78, 5) is 3.61. The first-order valence-electron chi connectivity index (χ1n) is 7.66. The summed E-state index contributed by atoms with van der Waals surface area (Å²) in [5, 5.41) is 1.52. The maximum atomic E-state index is 6.20. The van der Waals surface area contributed by atoms with E-state index >= 15 is 0 Å². The second-order valence-corrected chi connectivity index (χ2v) is 7.63. The number of hydrogen-bond acceptors (Lipinski definition) is 3. The lowest BCUT2D eigenvalue weighted by Gasteiger charge is -2.38. The highest BCUT2D eigenvalue weighted by atomic mass is 35.5. The fourth-order valence-electron chi connectivity index (χ4n) is 2.95. The molecule has 1 aliphatic rings. The number of halogens is 2. The van der Waals surface area contributed by atoms with Crippen LogP contribution in [0.4, 0.5) is 0 Å². The minimum atomic E-state index is 0.541. The Morgan fingerprint density at radius 2 is 2.19 bits per heavy atom. The van der Waals surface area contributed by atoms with E-state index in [9.17, 15) is 0 Å². The van der Waals surface area contributed by atoms with E-state index in [0.717, 1.165) is 39.7 Å². The van der Waals surface area contributed by atoms with Crippen LogP contribution >= 0.6 is 35.0 Å². The summed E-state index contributed by atoms with van der Waals surface area (Å²) in [6, 6.07) is 6.17. The van der Waals surface area contributed by atoms with Gasteiger partial charge >= 0.3 is 0 Å². The third-order valence-electron chi connectivity index (χ3n) is 4.33. The lowest BCUT2D eigenvalue weighted by atomic mass is 9.89. The molecule has 2 nitrogen and oxygen atoms in total. The first-order valence-corrected chi connectivity index (χ1v) is 9.40. The second kappa shape index (κ2) is 8.64. The Kier molecular flexibility index (Phi) is 7.17. The summed E-state index contributed by atoms with van der Waals surface area (Å²) in [5.41, 5.74) is 5.95. The number of likely N-dealkylation sites (tertiary alicyclic amines) is 1. The molecule has 5 heteroatoms. The standard InChI is InChI=1S/C16H24Cl2N2S/c1-2-12-5-6-20(14(9-12)11-19)7-8-21-16-10-13(17)3-4-15(16)18/h3-4,10,12,14H,2,5-9,11,19H2,1H3. The Morgan fingerprint density at radius 1 is 1.38 bits per heavy atom. The highest BCUT2D eigenvalue weighted by molar-refractivity contribution is 7.99. The largest absolute Gasteiger partial charge is 0.329 e. The normalized spacial score (nSPS) is 23.4. The molecule has 2 rings (SSSR count). The lowest BCUT2D eigenvalue weighted by molar-refractivity contribution is 0.122. The molecule has 1 aromatic carbocycles. The molecule has 0 saturated carbocycles. The molecular formula is C16H24Cl2N2S. The highest BCUT2D eigenvalue weighted by Gasteiger charge is 2.26. The molecule has 2 N–H and O–H groups in total. The van der Waals surface area contributed by atoms with Crippen molar-refractivity contribution in [1.29, 1.82) is 0 Å². The average Bonchev–Trinajstić information content (AvgIpc) is 2.50. The Bertz CT molecular complexity index is 456. The van der Waals surface area contributed by atoms with Gasteiger partial charge in [-0.25, -0.2) is 0 Å². The van der Waals surface area contributed by atoms with Gasteiger partial charge in [0.2, 0.25) is 0 Å². The summed E-state index contributed by atoms with van der Waals surface area (Å²) in [7, 11) is 0. The quantitative estimate of drug-likeness (QED) is 0.767. The van der Waals surface area contributed by atoms with Crippen LogP contribution in [0.25, 0.3) is 0 Å². The van der Waals surface area contributed by atoms with Gasteiger partial charge < -0.3 is 5.73 Å². The zero-order chi connectivity index (χ0) is 15.2. The van der Waals surface area contributed by atoms with Crippen molar-refractivity contribution in [2.75, 3.05) is 25.4 Å². The Labute approximate surface area is 142 Å². The van der Waals surface area contributed by atoms with E-state index in [-0.39, 0.29) is 0 Å². The summed E-state index contributed by atoms with van der Waals surface area (Å²) < 4.78 is 0. The molecule has 1 saturated heterocycles. The van der Waals surface area contributed by atoms with Gasteiger partial charge in [0.25, 0.3) is 0 Å². The van der Waals surface area contributed by atoms with Crippen LogP contribution in [0.1, 0.15) is 26.2 Å². The molecule has 0 spiro atoms. The Hall–Kier alpha value is 0.0700. The zero-order valence-electron chi connectivity index (χ0n) is 12.5. The van der Waals surface area contributed by atoms with Gasteiger partial charge in [-0.3, -0.25) is 4.90 Å². The van der Waals surface area contributed by atoms with Crippen LogP contribution in [0.2, 0.25) is 10.0 Å². The van der Waals surface area contributed by atoms with Crippen molar-refractivity contribution in [3.8, 4) is 0 Å². The van der Waals surface area contributed by atoms with E-state index in [4.69, 9.17) is 28.9 Å². The Morgan fingerprint density at radius 3 is 2.90 bits per heavy atom. The van der Waals surface area contributed by atoms with Gasteiger partial charge in [0.05, 0.1) is 5.02 Å². The van der Waals surface area contributed by atoms with Crippen LogP contribution in [0, 0.1) is 5.92 Å². The molecule has 21 heavy (non-hydrogen) atoms. The van der Waals surface area contributed by atoms with Crippen LogP contribution in [0.3, 0.4) is 0 Å². The zero-order valence-corrected chi connectivity index (χ0v) is 14.9. The van der Waals surface area contributed by atoms with Crippen molar-refractivity contribution in [3.05, 3.63) is 28.2 Å². The summed E-state index contributed by atoms with van der Waals surface area (Å²) in [6.45, 7) is 5.28. The minimum absolute atomic E-state index is 0.541. The van der Waals surface area contributed by atoms with Crippen molar-refractivity contribution >= 4 is 35.0 Å². The molecular weight excluding hydrogens is 323 g/mol. The van der Waals surface area contributed by atoms with Crippen LogP contribution in [-0.4, -0.2) is 36.3 Å². The van der Waals surface area contributed by atoms with E-state index < -0.39 is 0 Å². The monoisotopic (exact) mass is 346 g/mol. The highest BCUT2D eigenvalue weighted by Crippen LogP contribution is 2.31. The number of hydrogen-bond donors (Lipinski definition) is 1. The topological polar surface area (TPSA) is 29.3 Å². The number of piperidine rings is 1.